The third kappa shape index (κ3) is 3.81. The number of ether oxygens (including phenoxy) is 1. The second-order valence-corrected chi connectivity index (χ2v) is 5.70. The summed E-state index contributed by atoms with van der Waals surface area (Å²) in [6.07, 6.45) is 1.65. The van der Waals surface area contributed by atoms with Gasteiger partial charge in [0.05, 0.1) is 0 Å². The Hall–Kier alpha value is -0.510. The lowest BCUT2D eigenvalue weighted by Gasteiger charge is -2.35. The van der Waals surface area contributed by atoms with Gasteiger partial charge in [0, 0.05) is 12.6 Å². The summed E-state index contributed by atoms with van der Waals surface area (Å²) < 4.78 is 5.37. The van der Waals surface area contributed by atoms with Crippen LogP contribution in [0.4, 0.5) is 4.79 Å². The Bertz CT molecular complexity index is 294. The molecule has 16 heavy (non-hydrogen) atoms. The van der Waals surface area contributed by atoms with E-state index < -0.39 is 5.60 Å². The molecule has 0 saturated carbocycles. The Morgan fingerprint density at radius 3 is 2.62 bits per heavy atom. The number of likely N-dealkylation sites (tertiary alicyclic amines) is 1. The van der Waals surface area contributed by atoms with Crippen molar-refractivity contribution >= 4 is 22.0 Å². The zero-order chi connectivity index (χ0) is 12.3. The zero-order valence-corrected chi connectivity index (χ0v) is 12.0. The fraction of sp³-hybridized carbons (Fsp3) is 0.750. The molecule has 4 heteroatoms. The maximum Gasteiger partial charge on any atom is 0.410 e. The van der Waals surface area contributed by atoms with Crippen LogP contribution in [0, 0.1) is 0 Å². The molecule has 1 rings (SSSR count). The molecular weight excluding hydrogens is 270 g/mol. The van der Waals surface area contributed by atoms with Gasteiger partial charge in [-0.1, -0.05) is 21.5 Å². The van der Waals surface area contributed by atoms with E-state index in [1.807, 2.05) is 30.7 Å². The summed E-state index contributed by atoms with van der Waals surface area (Å²) in [5, 5.41) is 0. The molecule has 1 aliphatic rings. The number of nitrogens with zero attached hydrogens (tertiary/aromatic N) is 1. The van der Waals surface area contributed by atoms with Crippen molar-refractivity contribution in [3.63, 3.8) is 0 Å². The van der Waals surface area contributed by atoms with E-state index in [-0.39, 0.29) is 12.1 Å². The monoisotopic (exact) mass is 289 g/mol. The van der Waals surface area contributed by atoms with Crippen LogP contribution in [0.25, 0.3) is 0 Å². The minimum absolute atomic E-state index is 0.200. The van der Waals surface area contributed by atoms with Crippen LogP contribution in [0.2, 0.25) is 0 Å². The summed E-state index contributed by atoms with van der Waals surface area (Å²) in [5.74, 6) is 0. The first-order chi connectivity index (χ1) is 7.33. The molecule has 1 atom stereocenters. The van der Waals surface area contributed by atoms with Crippen molar-refractivity contribution in [2.45, 2.75) is 52.2 Å². The van der Waals surface area contributed by atoms with E-state index in [1.54, 1.807) is 0 Å². The summed E-state index contributed by atoms with van der Waals surface area (Å²) in [5.41, 5.74) is 0.940. The van der Waals surface area contributed by atoms with Crippen molar-refractivity contribution in [3.05, 3.63) is 10.6 Å². The van der Waals surface area contributed by atoms with Gasteiger partial charge in [-0.3, -0.25) is 0 Å². The average Bonchev–Trinajstić information content (AvgIpc) is 2.14. The Labute approximate surface area is 106 Å². The molecule has 92 valence electrons. The largest absolute Gasteiger partial charge is 0.444 e. The molecule has 1 saturated heterocycles. The number of amides is 1. The number of piperidine rings is 1. The molecule has 0 aromatic heterocycles. The Balaban J connectivity index is 2.59. The predicted octanol–water partition coefficient (Wildman–Crippen LogP) is 3.68. The summed E-state index contributed by atoms with van der Waals surface area (Å²) in [6, 6.07) is 0.215. The second-order valence-electron chi connectivity index (χ2n) is 5.24. The second kappa shape index (κ2) is 5.21. The molecule has 0 spiro atoms. The maximum absolute atomic E-state index is 11.9. The number of hydrogen-bond donors (Lipinski definition) is 0. The summed E-state index contributed by atoms with van der Waals surface area (Å²) >= 11 is 3.35. The third-order valence-electron chi connectivity index (χ3n) is 2.55. The normalized spacial score (nSPS) is 24.7. The standard InChI is InChI=1S/C12H20BrNO2/c1-9-7-10(8-13)5-6-14(9)11(15)16-12(2,3)4/h8-9H,5-7H2,1-4H3. The topological polar surface area (TPSA) is 29.5 Å². The lowest BCUT2D eigenvalue weighted by molar-refractivity contribution is 0.0152. The molecule has 1 aliphatic heterocycles. The van der Waals surface area contributed by atoms with Crippen molar-refractivity contribution in [1.29, 1.82) is 0 Å². The van der Waals surface area contributed by atoms with E-state index in [1.165, 1.54) is 5.57 Å². The Morgan fingerprint density at radius 2 is 2.19 bits per heavy atom. The summed E-state index contributed by atoms with van der Waals surface area (Å²) in [6.45, 7) is 8.48. The molecule has 0 aromatic rings. The lowest BCUT2D eigenvalue weighted by atomic mass is 10.00. The van der Waals surface area contributed by atoms with Crippen LogP contribution in [-0.4, -0.2) is 29.2 Å². The number of hydrogen-bond acceptors (Lipinski definition) is 2. The Morgan fingerprint density at radius 1 is 1.56 bits per heavy atom. The summed E-state index contributed by atoms with van der Waals surface area (Å²) in [4.78, 5) is 15.7. The first kappa shape index (κ1) is 13.6. The van der Waals surface area contributed by atoms with E-state index in [0.717, 1.165) is 19.4 Å². The van der Waals surface area contributed by atoms with Gasteiger partial charge in [-0.25, -0.2) is 4.79 Å². The van der Waals surface area contributed by atoms with Gasteiger partial charge in [-0.05, 0) is 45.5 Å². The molecule has 0 bridgehead atoms. The van der Waals surface area contributed by atoms with Crippen molar-refractivity contribution in [3.8, 4) is 0 Å². The van der Waals surface area contributed by atoms with Gasteiger partial charge in [0.2, 0.25) is 0 Å². The third-order valence-corrected chi connectivity index (χ3v) is 3.19. The van der Waals surface area contributed by atoms with E-state index in [9.17, 15) is 4.79 Å². The van der Waals surface area contributed by atoms with E-state index in [0.29, 0.717) is 0 Å². The average molecular weight is 290 g/mol. The van der Waals surface area contributed by atoms with Crippen LogP contribution in [-0.2, 0) is 4.74 Å². The molecule has 0 N–H and O–H groups in total. The quantitative estimate of drug-likeness (QED) is 0.681. The molecule has 0 aliphatic carbocycles. The molecule has 3 nitrogen and oxygen atoms in total. The van der Waals surface area contributed by atoms with Crippen LogP contribution in [0.15, 0.2) is 10.6 Å². The number of rotatable bonds is 0. The van der Waals surface area contributed by atoms with E-state index in [2.05, 4.69) is 22.9 Å². The minimum Gasteiger partial charge on any atom is -0.444 e. The van der Waals surface area contributed by atoms with Crippen LogP contribution >= 0.6 is 15.9 Å². The highest BCUT2D eigenvalue weighted by Gasteiger charge is 2.29. The van der Waals surface area contributed by atoms with Gasteiger partial charge in [0.25, 0.3) is 0 Å². The molecule has 1 heterocycles. The first-order valence-electron chi connectivity index (χ1n) is 5.61. The summed E-state index contributed by atoms with van der Waals surface area (Å²) in [7, 11) is 0. The molecular formula is C12H20BrNO2. The van der Waals surface area contributed by atoms with Crippen molar-refractivity contribution in [2.75, 3.05) is 6.54 Å². The van der Waals surface area contributed by atoms with Gasteiger partial charge in [-0.15, -0.1) is 0 Å². The van der Waals surface area contributed by atoms with Gasteiger partial charge in [0.1, 0.15) is 5.60 Å². The highest BCUT2D eigenvalue weighted by molar-refractivity contribution is 9.11. The zero-order valence-electron chi connectivity index (χ0n) is 10.4. The molecule has 1 amide bonds. The smallest absolute Gasteiger partial charge is 0.410 e. The molecule has 0 aromatic carbocycles. The van der Waals surface area contributed by atoms with Gasteiger partial charge in [0.15, 0.2) is 0 Å². The van der Waals surface area contributed by atoms with Gasteiger partial charge >= 0.3 is 6.09 Å². The Kier molecular flexibility index (Phi) is 4.42. The van der Waals surface area contributed by atoms with E-state index >= 15 is 0 Å². The molecule has 1 fully saturated rings. The van der Waals surface area contributed by atoms with Crippen LogP contribution < -0.4 is 0 Å². The number of carbonyl (C=O) groups is 1. The maximum atomic E-state index is 11.9. The van der Waals surface area contributed by atoms with Crippen LogP contribution in [0.5, 0.6) is 0 Å². The van der Waals surface area contributed by atoms with Crippen molar-refractivity contribution in [1.82, 2.24) is 4.90 Å². The van der Waals surface area contributed by atoms with Crippen LogP contribution in [0.1, 0.15) is 40.5 Å². The van der Waals surface area contributed by atoms with Crippen LogP contribution in [0.3, 0.4) is 0 Å². The fourth-order valence-electron chi connectivity index (χ4n) is 1.77. The number of halogens is 1. The number of carbonyl (C=O) groups excluding carboxylic acids is 1. The first-order valence-corrected chi connectivity index (χ1v) is 6.53. The fourth-order valence-corrected chi connectivity index (χ4v) is 2.18. The highest BCUT2D eigenvalue weighted by atomic mass is 79.9. The van der Waals surface area contributed by atoms with Crippen molar-refractivity contribution in [2.24, 2.45) is 0 Å². The highest BCUT2D eigenvalue weighted by Crippen LogP contribution is 2.24. The van der Waals surface area contributed by atoms with Gasteiger partial charge in [-0.2, -0.15) is 0 Å². The van der Waals surface area contributed by atoms with E-state index in [4.69, 9.17) is 4.74 Å². The molecule has 0 radical (unpaired) electrons. The predicted molar refractivity (Wildman–Crippen MR) is 68.6 cm³/mol. The minimum atomic E-state index is -0.414. The lowest BCUT2D eigenvalue weighted by Crippen LogP contribution is -2.45. The SMILES string of the molecule is CC1CC(=CBr)CCN1C(=O)OC(C)(C)C. The van der Waals surface area contributed by atoms with Gasteiger partial charge < -0.3 is 9.64 Å². The van der Waals surface area contributed by atoms with Crippen molar-refractivity contribution < 1.29 is 9.53 Å². The molecule has 1 unspecified atom stereocenters.